The Morgan fingerprint density at radius 1 is 1.33 bits per heavy atom. The smallest absolute Gasteiger partial charge is 0.411 e. The fourth-order valence-electron chi connectivity index (χ4n) is 2.50. The Balaban J connectivity index is 1.79. The van der Waals surface area contributed by atoms with Crippen molar-refractivity contribution in [2.75, 3.05) is 19.0 Å². The number of amides is 1. The van der Waals surface area contributed by atoms with Crippen LogP contribution in [0.15, 0.2) is 35.2 Å². The van der Waals surface area contributed by atoms with Gasteiger partial charge in [-0.1, -0.05) is 11.6 Å². The number of carbonyl (C=O) groups is 1. The Kier molecular flexibility index (Phi) is 4.82. The number of rotatable bonds is 3. The second-order valence-electron chi connectivity index (χ2n) is 5.23. The van der Waals surface area contributed by atoms with Gasteiger partial charge in [0.2, 0.25) is 10.0 Å². The first-order valence-electron chi connectivity index (χ1n) is 7.12. The van der Waals surface area contributed by atoms with Crippen molar-refractivity contribution >= 4 is 44.7 Å². The maximum absolute atomic E-state index is 12.8. The van der Waals surface area contributed by atoms with Gasteiger partial charge in [-0.3, -0.25) is 5.32 Å². The first-order chi connectivity index (χ1) is 11.4. The Bertz CT molecular complexity index is 862. The monoisotopic (exact) mass is 386 g/mol. The third-order valence-electron chi connectivity index (χ3n) is 3.73. The van der Waals surface area contributed by atoms with Crippen molar-refractivity contribution in [1.29, 1.82) is 0 Å². The molecule has 1 N–H and O–H groups in total. The van der Waals surface area contributed by atoms with Crippen LogP contribution in [0.4, 0.5) is 10.5 Å². The number of methoxy groups -OCH3 is 1. The first kappa shape index (κ1) is 17.2. The highest BCUT2D eigenvalue weighted by Crippen LogP contribution is 2.33. The van der Waals surface area contributed by atoms with Crippen molar-refractivity contribution in [1.82, 2.24) is 4.31 Å². The molecule has 0 bridgehead atoms. The zero-order valence-corrected chi connectivity index (χ0v) is 15.2. The summed E-state index contributed by atoms with van der Waals surface area (Å²) in [6.07, 6.45) is 0.0528. The van der Waals surface area contributed by atoms with Crippen molar-refractivity contribution in [2.24, 2.45) is 0 Å². The van der Waals surface area contributed by atoms with Gasteiger partial charge in [-0.25, -0.2) is 13.2 Å². The molecule has 3 rings (SSSR count). The van der Waals surface area contributed by atoms with E-state index in [0.29, 0.717) is 29.5 Å². The molecular weight excluding hydrogens is 372 g/mol. The lowest BCUT2D eigenvalue weighted by Crippen LogP contribution is -2.35. The molecule has 1 aliphatic heterocycles. The van der Waals surface area contributed by atoms with Gasteiger partial charge in [-0.15, -0.1) is 11.3 Å². The van der Waals surface area contributed by atoms with Crippen LogP contribution >= 0.6 is 22.9 Å². The van der Waals surface area contributed by atoms with Gasteiger partial charge in [0.25, 0.3) is 0 Å². The summed E-state index contributed by atoms with van der Waals surface area (Å²) >= 11 is 7.51. The molecule has 0 saturated heterocycles. The predicted molar refractivity (Wildman–Crippen MR) is 93.1 cm³/mol. The maximum atomic E-state index is 12.8. The van der Waals surface area contributed by atoms with Crippen molar-refractivity contribution in [3.05, 3.63) is 45.1 Å². The molecule has 0 aliphatic carbocycles. The van der Waals surface area contributed by atoms with Gasteiger partial charge < -0.3 is 4.74 Å². The second-order valence-corrected chi connectivity index (χ2v) is 8.93. The molecule has 1 aromatic carbocycles. The minimum atomic E-state index is -3.60. The highest BCUT2D eigenvalue weighted by atomic mass is 35.5. The molecule has 6 nitrogen and oxygen atoms in total. The van der Waals surface area contributed by atoms with Gasteiger partial charge in [0.1, 0.15) is 0 Å². The summed E-state index contributed by atoms with van der Waals surface area (Å²) in [5, 5.41) is 2.48. The standard InChI is InChI=1S/C15H15ClN2O4S2/c1-22-15(19)17-11-2-4-12(5-3-11)24(20,21)18-7-6-13-10(9-18)8-14(16)23-13/h2-5,8H,6-7,9H2,1H3,(H,17,19). The Hall–Kier alpha value is -1.61. The van der Waals surface area contributed by atoms with E-state index in [4.69, 9.17) is 11.6 Å². The number of halogens is 1. The molecule has 2 heterocycles. The molecule has 1 aromatic heterocycles. The summed E-state index contributed by atoms with van der Waals surface area (Å²) in [7, 11) is -2.34. The van der Waals surface area contributed by atoms with Crippen LogP contribution in [0.3, 0.4) is 0 Å². The lowest BCUT2D eigenvalue weighted by atomic mass is 10.1. The number of ether oxygens (including phenoxy) is 1. The van der Waals surface area contributed by atoms with E-state index in [9.17, 15) is 13.2 Å². The number of carbonyl (C=O) groups excluding carboxylic acids is 1. The third kappa shape index (κ3) is 3.41. The zero-order chi connectivity index (χ0) is 17.3. The molecule has 0 fully saturated rings. The van der Waals surface area contributed by atoms with Crippen molar-refractivity contribution < 1.29 is 17.9 Å². The molecule has 0 unspecified atom stereocenters. The van der Waals surface area contributed by atoms with Gasteiger partial charge in [-0.05, 0) is 42.3 Å². The van der Waals surface area contributed by atoms with Crippen LogP contribution in [0.2, 0.25) is 4.34 Å². The number of sulfonamides is 1. The molecule has 0 saturated carbocycles. The SMILES string of the molecule is COC(=O)Nc1ccc(S(=O)(=O)N2CCc3sc(Cl)cc3C2)cc1. The molecular formula is C15H15ClN2O4S2. The van der Waals surface area contributed by atoms with Gasteiger partial charge in [0.05, 0.1) is 16.3 Å². The number of anilines is 1. The number of hydrogen-bond donors (Lipinski definition) is 1. The molecule has 1 amide bonds. The Labute approximate surface area is 149 Å². The molecule has 2 aromatic rings. The molecule has 1 aliphatic rings. The number of nitrogens with one attached hydrogen (secondary N) is 1. The van der Waals surface area contributed by atoms with E-state index in [2.05, 4.69) is 10.1 Å². The second kappa shape index (κ2) is 6.72. The fourth-order valence-corrected chi connectivity index (χ4v) is 5.22. The van der Waals surface area contributed by atoms with Gasteiger partial charge in [-0.2, -0.15) is 4.31 Å². The molecule has 0 atom stereocenters. The fraction of sp³-hybridized carbons (Fsp3) is 0.267. The van der Waals surface area contributed by atoms with E-state index in [-0.39, 0.29) is 4.90 Å². The highest BCUT2D eigenvalue weighted by molar-refractivity contribution is 7.89. The number of hydrogen-bond acceptors (Lipinski definition) is 5. The largest absolute Gasteiger partial charge is 0.453 e. The van der Waals surface area contributed by atoms with E-state index in [1.165, 1.54) is 47.0 Å². The Morgan fingerprint density at radius 2 is 2.04 bits per heavy atom. The van der Waals surface area contributed by atoms with Crippen LogP contribution in [0.1, 0.15) is 10.4 Å². The van der Waals surface area contributed by atoms with E-state index in [0.717, 1.165) is 10.4 Å². The zero-order valence-electron chi connectivity index (χ0n) is 12.8. The van der Waals surface area contributed by atoms with Crippen molar-refractivity contribution in [3.8, 4) is 0 Å². The highest BCUT2D eigenvalue weighted by Gasteiger charge is 2.29. The van der Waals surface area contributed by atoms with E-state index >= 15 is 0 Å². The minimum absolute atomic E-state index is 0.183. The summed E-state index contributed by atoms with van der Waals surface area (Å²) in [4.78, 5) is 12.5. The number of benzene rings is 1. The quantitative estimate of drug-likeness (QED) is 0.877. The maximum Gasteiger partial charge on any atom is 0.411 e. The van der Waals surface area contributed by atoms with Crippen LogP contribution in [0.25, 0.3) is 0 Å². The van der Waals surface area contributed by atoms with Crippen LogP contribution in [0.5, 0.6) is 0 Å². The van der Waals surface area contributed by atoms with E-state index in [1.807, 2.05) is 6.07 Å². The molecule has 0 radical (unpaired) electrons. The molecule has 0 spiro atoms. The average molecular weight is 387 g/mol. The normalized spacial score (nSPS) is 14.9. The summed E-state index contributed by atoms with van der Waals surface area (Å²) in [6.45, 7) is 0.747. The average Bonchev–Trinajstić information content (AvgIpc) is 2.94. The Morgan fingerprint density at radius 3 is 2.71 bits per heavy atom. The first-order valence-corrected chi connectivity index (χ1v) is 9.76. The van der Waals surface area contributed by atoms with Crippen LogP contribution in [-0.2, 0) is 27.7 Å². The lowest BCUT2D eigenvalue weighted by Gasteiger charge is -2.26. The van der Waals surface area contributed by atoms with Crippen molar-refractivity contribution in [2.45, 2.75) is 17.9 Å². The van der Waals surface area contributed by atoms with Crippen LogP contribution in [-0.4, -0.2) is 32.5 Å². The van der Waals surface area contributed by atoms with Crippen molar-refractivity contribution in [3.63, 3.8) is 0 Å². The molecule has 24 heavy (non-hydrogen) atoms. The van der Waals surface area contributed by atoms with E-state index in [1.54, 1.807) is 0 Å². The minimum Gasteiger partial charge on any atom is -0.453 e. The topological polar surface area (TPSA) is 75.7 Å². The summed E-state index contributed by atoms with van der Waals surface area (Å²) in [5.41, 5.74) is 1.43. The number of fused-ring (bicyclic) bond motifs is 1. The lowest BCUT2D eigenvalue weighted by molar-refractivity contribution is 0.187. The summed E-state index contributed by atoms with van der Waals surface area (Å²) in [5.74, 6) is 0. The van der Waals surface area contributed by atoms with Gasteiger partial charge in [0, 0.05) is 23.7 Å². The van der Waals surface area contributed by atoms with Crippen LogP contribution < -0.4 is 5.32 Å². The molecule has 128 valence electrons. The van der Waals surface area contributed by atoms with Gasteiger partial charge in [0.15, 0.2) is 0 Å². The third-order valence-corrected chi connectivity index (χ3v) is 6.95. The van der Waals surface area contributed by atoms with Gasteiger partial charge >= 0.3 is 6.09 Å². The predicted octanol–water partition coefficient (Wildman–Crippen LogP) is 3.33. The summed E-state index contributed by atoms with van der Waals surface area (Å²) in [6, 6.07) is 7.82. The number of thiophene rings is 1. The van der Waals surface area contributed by atoms with E-state index < -0.39 is 16.1 Å². The molecule has 9 heteroatoms. The van der Waals surface area contributed by atoms with Crippen LogP contribution in [0, 0.1) is 0 Å². The summed E-state index contributed by atoms with van der Waals surface area (Å²) < 4.78 is 32.2. The number of nitrogens with zero attached hydrogens (tertiary/aromatic N) is 1.